The van der Waals surface area contributed by atoms with Gasteiger partial charge in [-0.2, -0.15) is 5.26 Å². The van der Waals surface area contributed by atoms with Crippen molar-refractivity contribution in [2.75, 3.05) is 18.0 Å². The third-order valence-corrected chi connectivity index (χ3v) is 3.81. The number of piperidine rings is 1. The van der Waals surface area contributed by atoms with Crippen LogP contribution >= 0.6 is 0 Å². The fraction of sp³-hybridized carbons (Fsp3) is 0.429. The fourth-order valence-electron chi connectivity index (χ4n) is 2.75. The highest BCUT2D eigenvalue weighted by atomic mass is 15.3. The number of aromatic nitrogens is 4. The quantitative estimate of drug-likeness (QED) is 0.824. The molecule has 2 aromatic heterocycles. The van der Waals surface area contributed by atoms with Crippen molar-refractivity contribution >= 4 is 5.82 Å². The summed E-state index contributed by atoms with van der Waals surface area (Å²) >= 11 is 0. The number of pyridine rings is 1. The van der Waals surface area contributed by atoms with Crippen LogP contribution in [0.25, 0.3) is 0 Å². The van der Waals surface area contributed by atoms with E-state index in [1.165, 1.54) is 0 Å². The smallest absolute Gasteiger partial charge is 0.146 e. The summed E-state index contributed by atoms with van der Waals surface area (Å²) < 4.78 is 1.99. The Morgan fingerprint density at radius 2 is 2.15 bits per heavy atom. The predicted octanol–water partition coefficient (Wildman–Crippen LogP) is 1.47. The third kappa shape index (κ3) is 2.23. The molecule has 1 aliphatic heterocycles. The lowest BCUT2D eigenvalue weighted by Crippen LogP contribution is -2.34. The molecule has 1 saturated heterocycles. The lowest BCUT2D eigenvalue weighted by atomic mass is 9.95. The molecule has 0 saturated carbocycles. The molecular weight excluding hydrogens is 252 g/mol. The number of hydrogen-bond donors (Lipinski definition) is 0. The molecule has 0 bridgehead atoms. The highest BCUT2D eigenvalue weighted by Crippen LogP contribution is 2.29. The molecule has 0 spiro atoms. The van der Waals surface area contributed by atoms with E-state index in [9.17, 15) is 0 Å². The second kappa shape index (κ2) is 5.29. The van der Waals surface area contributed by atoms with Crippen LogP contribution in [0.5, 0.6) is 0 Å². The number of nitrogens with zero attached hydrogens (tertiary/aromatic N) is 6. The van der Waals surface area contributed by atoms with Gasteiger partial charge in [0.2, 0.25) is 0 Å². The molecule has 20 heavy (non-hydrogen) atoms. The van der Waals surface area contributed by atoms with Gasteiger partial charge in [-0.15, -0.1) is 10.2 Å². The van der Waals surface area contributed by atoms with Crippen molar-refractivity contribution in [1.29, 1.82) is 5.26 Å². The van der Waals surface area contributed by atoms with Crippen LogP contribution < -0.4 is 4.90 Å². The minimum absolute atomic E-state index is 0.438. The Morgan fingerprint density at radius 1 is 1.35 bits per heavy atom. The summed E-state index contributed by atoms with van der Waals surface area (Å²) in [4.78, 5) is 6.53. The second-order valence-electron chi connectivity index (χ2n) is 5.05. The normalized spacial score (nSPS) is 16.1. The molecule has 3 rings (SSSR count). The number of hydrogen-bond acceptors (Lipinski definition) is 5. The van der Waals surface area contributed by atoms with E-state index in [2.05, 4.69) is 26.2 Å². The van der Waals surface area contributed by atoms with E-state index in [1.54, 1.807) is 18.6 Å². The van der Waals surface area contributed by atoms with Gasteiger partial charge >= 0.3 is 0 Å². The maximum atomic E-state index is 9.15. The van der Waals surface area contributed by atoms with Crippen LogP contribution in [0, 0.1) is 11.3 Å². The number of rotatable bonds is 2. The van der Waals surface area contributed by atoms with Crippen molar-refractivity contribution < 1.29 is 0 Å². The van der Waals surface area contributed by atoms with Gasteiger partial charge < -0.3 is 9.47 Å². The highest BCUT2D eigenvalue weighted by Gasteiger charge is 2.25. The maximum Gasteiger partial charge on any atom is 0.146 e. The molecule has 6 nitrogen and oxygen atoms in total. The summed E-state index contributed by atoms with van der Waals surface area (Å²) in [5.41, 5.74) is 0.643. The van der Waals surface area contributed by atoms with Gasteiger partial charge in [-0.25, -0.2) is 4.98 Å². The lowest BCUT2D eigenvalue weighted by molar-refractivity contribution is 0.472. The fourth-order valence-corrected chi connectivity index (χ4v) is 2.75. The van der Waals surface area contributed by atoms with E-state index in [0.29, 0.717) is 11.5 Å². The van der Waals surface area contributed by atoms with Crippen LogP contribution in [-0.4, -0.2) is 32.8 Å². The van der Waals surface area contributed by atoms with Crippen molar-refractivity contribution in [3.8, 4) is 6.07 Å². The largest absolute Gasteiger partial charge is 0.355 e. The summed E-state index contributed by atoms with van der Waals surface area (Å²) in [6.07, 6.45) is 5.50. The van der Waals surface area contributed by atoms with Crippen molar-refractivity contribution in [2.24, 2.45) is 7.05 Å². The zero-order chi connectivity index (χ0) is 13.9. The molecule has 0 radical (unpaired) electrons. The third-order valence-electron chi connectivity index (χ3n) is 3.81. The van der Waals surface area contributed by atoms with Crippen LogP contribution in [-0.2, 0) is 7.05 Å². The van der Waals surface area contributed by atoms with Gasteiger partial charge in [0.05, 0.1) is 5.56 Å². The van der Waals surface area contributed by atoms with Gasteiger partial charge in [-0.05, 0) is 25.0 Å². The molecule has 2 aromatic rings. The zero-order valence-electron chi connectivity index (χ0n) is 11.4. The molecule has 1 aliphatic rings. The SMILES string of the molecule is Cn1cnnc1C1CCN(c2ncccc2C#N)CC1. The molecule has 0 atom stereocenters. The monoisotopic (exact) mass is 268 g/mol. The molecule has 6 heteroatoms. The molecule has 3 heterocycles. The average Bonchev–Trinajstić information content (AvgIpc) is 2.93. The minimum Gasteiger partial charge on any atom is -0.355 e. The van der Waals surface area contributed by atoms with E-state index < -0.39 is 0 Å². The molecule has 0 aliphatic carbocycles. The number of aryl methyl sites for hydroxylation is 1. The zero-order valence-corrected chi connectivity index (χ0v) is 11.4. The summed E-state index contributed by atoms with van der Waals surface area (Å²) in [5, 5.41) is 17.3. The number of nitriles is 1. The van der Waals surface area contributed by atoms with Crippen molar-refractivity contribution in [3.05, 3.63) is 36.0 Å². The van der Waals surface area contributed by atoms with Gasteiger partial charge in [0.25, 0.3) is 0 Å². The lowest BCUT2D eigenvalue weighted by Gasteiger charge is -2.32. The van der Waals surface area contributed by atoms with Crippen molar-refractivity contribution in [2.45, 2.75) is 18.8 Å². The highest BCUT2D eigenvalue weighted by molar-refractivity contribution is 5.53. The molecule has 102 valence electrons. The molecular formula is C14H16N6. The van der Waals surface area contributed by atoms with E-state index >= 15 is 0 Å². The van der Waals surface area contributed by atoms with Gasteiger partial charge in [-0.3, -0.25) is 0 Å². The first-order valence-corrected chi connectivity index (χ1v) is 6.73. The standard InChI is InChI=1S/C14H16N6/c1-19-10-17-18-14(19)11-4-7-20(8-5-11)13-12(9-15)3-2-6-16-13/h2-3,6,10-11H,4-5,7-8H2,1H3. The molecule has 1 fully saturated rings. The van der Waals surface area contributed by atoms with Crippen molar-refractivity contribution in [3.63, 3.8) is 0 Å². The minimum atomic E-state index is 0.438. The predicted molar refractivity (Wildman–Crippen MR) is 74.1 cm³/mol. The molecule has 0 unspecified atom stereocenters. The maximum absolute atomic E-state index is 9.15. The first kappa shape index (κ1) is 12.6. The summed E-state index contributed by atoms with van der Waals surface area (Å²) in [6.45, 7) is 1.78. The first-order valence-electron chi connectivity index (χ1n) is 6.73. The first-order chi connectivity index (χ1) is 9.79. The summed E-state index contributed by atoms with van der Waals surface area (Å²) in [6, 6.07) is 5.83. The molecule has 0 N–H and O–H groups in total. The van der Waals surface area contributed by atoms with Crippen LogP contribution in [0.4, 0.5) is 5.82 Å². The molecule has 0 amide bonds. The van der Waals surface area contributed by atoms with Crippen LogP contribution in [0.1, 0.15) is 30.1 Å². The molecule has 0 aromatic carbocycles. The van der Waals surface area contributed by atoms with Gasteiger partial charge in [0.15, 0.2) is 0 Å². The summed E-state index contributed by atoms with van der Waals surface area (Å²) in [7, 11) is 1.98. The average molecular weight is 268 g/mol. The topological polar surface area (TPSA) is 70.6 Å². The van der Waals surface area contributed by atoms with Crippen LogP contribution in [0.2, 0.25) is 0 Å². The van der Waals surface area contributed by atoms with E-state index in [1.807, 2.05) is 17.7 Å². The van der Waals surface area contributed by atoms with Gasteiger partial charge in [0.1, 0.15) is 24.0 Å². The van der Waals surface area contributed by atoms with E-state index in [-0.39, 0.29) is 0 Å². The number of anilines is 1. The Balaban J connectivity index is 1.73. The Morgan fingerprint density at radius 3 is 2.80 bits per heavy atom. The van der Waals surface area contributed by atoms with E-state index in [4.69, 9.17) is 5.26 Å². The van der Waals surface area contributed by atoms with Gasteiger partial charge in [-0.1, -0.05) is 0 Å². The Bertz CT molecular complexity index is 633. The Kier molecular flexibility index (Phi) is 3.33. The Labute approximate surface area is 117 Å². The summed E-state index contributed by atoms with van der Waals surface area (Å²) in [5.74, 6) is 2.28. The van der Waals surface area contributed by atoms with Crippen molar-refractivity contribution in [1.82, 2.24) is 19.7 Å². The van der Waals surface area contributed by atoms with Crippen LogP contribution in [0.3, 0.4) is 0 Å². The van der Waals surface area contributed by atoms with E-state index in [0.717, 1.165) is 37.6 Å². The second-order valence-corrected chi connectivity index (χ2v) is 5.05. The van der Waals surface area contributed by atoms with Gasteiger partial charge in [0, 0.05) is 32.3 Å². The Hall–Kier alpha value is -2.42. The van der Waals surface area contributed by atoms with Crippen LogP contribution in [0.15, 0.2) is 24.7 Å².